The maximum absolute atomic E-state index is 5.26. The molecule has 0 fully saturated rings. The minimum absolute atomic E-state index is 0.357. The molecule has 2 aliphatic rings. The molecule has 0 aromatic carbocycles. The minimum atomic E-state index is 0.357. The molecular formula is C7H6N2O2. The van der Waals surface area contributed by atoms with Crippen molar-refractivity contribution in [2.75, 3.05) is 6.79 Å². The lowest BCUT2D eigenvalue weighted by molar-refractivity contribution is 0.0784. The number of nitrogens with zero attached hydrogens (tertiary/aromatic N) is 2. The SMILES string of the molecule is c1cc2n(n1)CC1=C2OCO1. The van der Waals surface area contributed by atoms with Gasteiger partial charge >= 0.3 is 0 Å². The number of fused-ring (bicyclic) bond motifs is 2. The predicted molar refractivity (Wildman–Crippen MR) is 36.2 cm³/mol. The maximum atomic E-state index is 5.26. The average Bonchev–Trinajstić information content (AvgIpc) is 2.52. The lowest BCUT2D eigenvalue weighted by Gasteiger charge is -2.00. The van der Waals surface area contributed by atoms with Gasteiger partial charge in [-0.3, -0.25) is 4.68 Å². The second-order valence-corrected chi connectivity index (χ2v) is 2.53. The zero-order chi connectivity index (χ0) is 7.26. The standard InChI is InChI=1S/C7H6N2O2/c1-2-8-9-3-6-7(5(1)9)11-4-10-6/h1-2H,3-4H2. The van der Waals surface area contributed by atoms with Crippen LogP contribution in [-0.4, -0.2) is 16.6 Å². The van der Waals surface area contributed by atoms with Crippen molar-refractivity contribution in [3.05, 3.63) is 23.7 Å². The monoisotopic (exact) mass is 150 g/mol. The van der Waals surface area contributed by atoms with Gasteiger partial charge in [0.05, 0.1) is 0 Å². The molecule has 3 heterocycles. The molecule has 0 unspecified atom stereocenters. The molecule has 0 saturated carbocycles. The maximum Gasteiger partial charge on any atom is 0.231 e. The van der Waals surface area contributed by atoms with E-state index in [1.54, 1.807) is 6.20 Å². The smallest absolute Gasteiger partial charge is 0.231 e. The summed E-state index contributed by atoms with van der Waals surface area (Å²) in [5.74, 6) is 1.77. The molecule has 0 saturated heterocycles. The summed E-state index contributed by atoms with van der Waals surface area (Å²) in [5.41, 5.74) is 1.03. The van der Waals surface area contributed by atoms with E-state index in [1.165, 1.54) is 0 Å². The summed E-state index contributed by atoms with van der Waals surface area (Å²) in [7, 11) is 0. The Kier molecular flexibility index (Phi) is 0.753. The Morgan fingerprint density at radius 2 is 2.45 bits per heavy atom. The van der Waals surface area contributed by atoms with Gasteiger partial charge in [0.1, 0.15) is 12.2 Å². The molecule has 4 heteroatoms. The summed E-state index contributed by atoms with van der Waals surface area (Å²) < 4.78 is 12.3. The van der Waals surface area contributed by atoms with Crippen LogP contribution in [0.5, 0.6) is 0 Å². The highest BCUT2D eigenvalue weighted by molar-refractivity contribution is 5.62. The van der Waals surface area contributed by atoms with Crippen LogP contribution in [0, 0.1) is 0 Å². The van der Waals surface area contributed by atoms with Gasteiger partial charge in [-0.25, -0.2) is 0 Å². The van der Waals surface area contributed by atoms with Crippen molar-refractivity contribution in [3.63, 3.8) is 0 Å². The van der Waals surface area contributed by atoms with E-state index in [0.29, 0.717) is 6.79 Å². The predicted octanol–water partition coefficient (Wildman–Crippen LogP) is 0.570. The van der Waals surface area contributed by atoms with Gasteiger partial charge in [-0.1, -0.05) is 0 Å². The summed E-state index contributed by atoms with van der Waals surface area (Å²) >= 11 is 0. The normalized spacial score (nSPS) is 19.3. The van der Waals surface area contributed by atoms with E-state index in [2.05, 4.69) is 5.10 Å². The fourth-order valence-corrected chi connectivity index (χ4v) is 1.43. The molecule has 0 aliphatic carbocycles. The molecular weight excluding hydrogens is 144 g/mol. The van der Waals surface area contributed by atoms with Crippen LogP contribution in [0.2, 0.25) is 0 Å². The number of hydrogen-bond acceptors (Lipinski definition) is 3. The Balaban J connectivity index is 2.20. The van der Waals surface area contributed by atoms with Crippen molar-refractivity contribution in [2.24, 2.45) is 0 Å². The Bertz CT molecular complexity index is 340. The van der Waals surface area contributed by atoms with Crippen LogP contribution in [0.3, 0.4) is 0 Å². The fraction of sp³-hybridized carbons (Fsp3) is 0.286. The van der Waals surface area contributed by atoms with Crippen LogP contribution in [0.4, 0.5) is 0 Å². The van der Waals surface area contributed by atoms with Crippen LogP contribution in [0.1, 0.15) is 5.69 Å². The molecule has 4 nitrogen and oxygen atoms in total. The quantitative estimate of drug-likeness (QED) is 0.542. The molecule has 0 spiro atoms. The summed E-state index contributed by atoms with van der Waals surface area (Å²) in [6.07, 6.45) is 1.76. The van der Waals surface area contributed by atoms with E-state index >= 15 is 0 Å². The molecule has 1 aromatic heterocycles. The van der Waals surface area contributed by atoms with E-state index < -0.39 is 0 Å². The number of allylic oxidation sites excluding steroid dienone is 1. The molecule has 56 valence electrons. The second-order valence-electron chi connectivity index (χ2n) is 2.53. The van der Waals surface area contributed by atoms with Crippen LogP contribution in [0.15, 0.2) is 18.0 Å². The summed E-state index contributed by atoms with van der Waals surface area (Å²) in [6, 6.07) is 1.93. The zero-order valence-corrected chi connectivity index (χ0v) is 5.78. The molecule has 0 amide bonds. The van der Waals surface area contributed by atoms with E-state index in [1.807, 2.05) is 10.7 Å². The molecule has 1 aromatic rings. The molecule has 0 bridgehead atoms. The zero-order valence-electron chi connectivity index (χ0n) is 5.78. The summed E-state index contributed by atoms with van der Waals surface area (Å²) in [5, 5.41) is 4.09. The third-order valence-corrected chi connectivity index (χ3v) is 1.93. The first-order chi connectivity index (χ1) is 5.45. The van der Waals surface area contributed by atoms with Gasteiger partial charge in [-0.2, -0.15) is 5.10 Å². The van der Waals surface area contributed by atoms with E-state index in [-0.39, 0.29) is 0 Å². The van der Waals surface area contributed by atoms with Crippen LogP contribution >= 0.6 is 0 Å². The lowest BCUT2D eigenvalue weighted by atomic mass is 10.3. The van der Waals surface area contributed by atoms with Crippen LogP contribution in [0.25, 0.3) is 5.76 Å². The van der Waals surface area contributed by atoms with Crippen molar-refractivity contribution >= 4 is 5.76 Å². The van der Waals surface area contributed by atoms with Crippen LogP contribution < -0.4 is 0 Å². The molecule has 11 heavy (non-hydrogen) atoms. The first kappa shape index (κ1) is 5.23. The first-order valence-electron chi connectivity index (χ1n) is 3.46. The first-order valence-corrected chi connectivity index (χ1v) is 3.46. The number of ether oxygens (including phenoxy) is 2. The topological polar surface area (TPSA) is 36.3 Å². The molecule has 0 atom stereocenters. The summed E-state index contributed by atoms with van der Waals surface area (Å²) in [4.78, 5) is 0. The average molecular weight is 150 g/mol. The second kappa shape index (κ2) is 1.58. The third kappa shape index (κ3) is 0.520. The molecule has 0 radical (unpaired) electrons. The van der Waals surface area contributed by atoms with Gasteiger partial charge < -0.3 is 9.47 Å². The van der Waals surface area contributed by atoms with E-state index in [9.17, 15) is 0 Å². The molecule has 0 N–H and O–H groups in total. The molecule has 3 rings (SSSR count). The highest BCUT2D eigenvalue weighted by atomic mass is 16.7. The number of rotatable bonds is 0. The van der Waals surface area contributed by atoms with Gasteiger partial charge in [-0.05, 0) is 6.07 Å². The number of aromatic nitrogens is 2. The van der Waals surface area contributed by atoms with Crippen molar-refractivity contribution in [1.82, 2.24) is 9.78 Å². The fourth-order valence-electron chi connectivity index (χ4n) is 1.43. The van der Waals surface area contributed by atoms with E-state index in [4.69, 9.17) is 9.47 Å². The van der Waals surface area contributed by atoms with Crippen LogP contribution in [-0.2, 0) is 16.0 Å². The Morgan fingerprint density at radius 3 is 3.45 bits per heavy atom. The van der Waals surface area contributed by atoms with Crippen molar-refractivity contribution in [2.45, 2.75) is 6.54 Å². The molecule has 2 aliphatic heterocycles. The third-order valence-electron chi connectivity index (χ3n) is 1.93. The Hall–Kier alpha value is -1.45. The highest BCUT2D eigenvalue weighted by Crippen LogP contribution is 2.32. The Morgan fingerprint density at radius 1 is 1.45 bits per heavy atom. The largest absolute Gasteiger partial charge is 0.456 e. The summed E-state index contributed by atoms with van der Waals surface area (Å²) in [6.45, 7) is 1.08. The lowest BCUT2D eigenvalue weighted by Crippen LogP contribution is -2.01. The van der Waals surface area contributed by atoms with Gasteiger partial charge in [0.2, 0.25) is 6.79 Å². The van der Waals surface area contributed by atoms with Crippen molar-refractivity contribution in [1.29, 1.82) is 0 Å². The van der Waals surface area contributed by atoms with Gasteiger partial charge in [0.15, 0.2) is 11.5 Å². The van der Waals surface area contributed by atoms with E-state index in [0.717, 1.165) is 23.8 Å². The van der Waals surface area contributed by atoms with Gasteiger partial charge in [0.25, 0.3) is 0 Å². The van der Waals surface area contributed by atoms with Crippen molar-refractivity contribution in [3.8, 4) is 0 Å². The highest BCUT2D eigenvalue weighted by Gasteiger charge is 2.29. The minimum Gasteiger partial charge on any atom is -0.456 e. The number of hydrogen-bond donors (Lipinski definition) is 0. The van der Waals surface area contributed by atoms with Gasteiger partial charge in [0, 0.05) is 6.20 Å². The Labute approximate surface area is 63.0 Å². The van der Waals surface area contributed by atoms with Gasteiger partial charge in [-0.15, -0.1) is 0 Å². The van der Waals surface area contributed by atoms with Crippen molar-refractivity contribution < 1.29 is 9.47 Å².